The van der Waals surface area contributed by atoms with Gasteiger partial charge in [-0.25, -0.2) is 0 Å². The first-order valence-electron chi connectivity index (χ1n) is 8.96. The van der Waals surface area contributed by atoms with Gasteiger partial charge in [-0.3, -0.25) is 9.78 Å². The number of rotatable bonds is 7. The summed E-state index contributed by atoms with van der Waals surface area (Å²) in [6.45, 7) is 4.47. The van der Waals surface area contributed by atoms with Crippen molar-refractivity contribution >= 4 is 5.91 Å². The molecule has 0 radical (unpaired) electrons. The molecule has 1 aliphatic heterocycles. The average Bonchev–Trinajstić information content (AvgIpc) is 3.15. The van der Waals surface area contributed by atoms with Crippen molar-refractivity contribution in [3.63, 3.8) is 0 Å². The SMILES string of the molecule is Cc1ccc(OCc2cc(C(=O)N(C)CCC3CCOCC3)no2)cn1. The third-order valence-electron chi connectivity index (χ3n) is 4.60. The maximum absolute atomic E-state index is 12.5. The van der Waals surface area contributed by atoms with Crippen LogP contribution < -0.4 is 4.74 Å². The van der Waals surface area contributed by atoms with Gasteiger partial charge in [-0.05, 0) is 44.2 Å². The van der Waals surface area contributed by atoms with Gasteiger partial charge in [0.05, 0.1) is 6.20 Å². The number of pyridine rings is 1. The minimum atomic E-state index is -0.135. The van der Waals surface area contributed by atoms with Crippen LogP contribution in [0.2, 0.25) is 0 Å². The predicted molar refractivity (Wildman–Crippen MR) is 94.9 cm³/mol. The van der Waals surface area contributed by atoms with Crippen LogP contribution >= 0.6 is 0 Å². The molecule has 7 nitrogen and oxygen atoms in total. The second-order valence-corrected chi connectivity index (χ2v) is 6.67. The van der Waals surface area contributed by atoms with E-state index in [1.165, 1.54) is 0 Å². The van der Waals surface area contributed by atoms with Crippen LogP contribution in [0.5, 0.6) is 5.75 Å². The van der Waals surface area contributed by atoms with Gasteiger partial charge in [-0.1, -0.05) is 5.16 Å². The smallest absolute Gasteiger partial charge is 0.275 e. The first kappa shape index (κ1) is 18.4. The lowest BCUT2D eigenvalue weighted by atomic mass is 9.96. The summed E-state index contributed by atoms with van der Waals surface area (Å²) in [4.78, 5) is 18.3. The lowest BCUT2D eigenvalue weighted by molar-refractivity contribution is 0.0581. The molecule has 3 heterocycles. The molecule has 3 rings (SSSR count). The lowest BCUT2D eigenvalue weighted by Gasteiger charge is -2.24. The third kappa shape index (κ3) is 5.05. The normalized spacial score (nSPS) is 15.0. The quantitative estimate of drug-likeness (QED) is 0.756. The minimum absolute atomic E-state index is 0.135. The zero-order chi connectivity index (χ0) is 18.4. The summed E-state index contributed by atoms with van der Waals surface area (Å²) >= 11 is 0. The van der Waals surface area contributed by atoms with Crippen molar-refractivity contribution in [2.75, 3.05) is 26.8 Å². The van der Waals surface area contributed by atoms with Crippen LogP contribution in [-0.2, 0) is 11.3 Å². The maximum Gasteiger partial charge on any atom is 0.275 e. The molecule has 1 saturated heterocycles. The van der Waals surface area contributed by atoms with Crippen LogP contribution in [0.1, 0.15) is 41.2 Å². The molecule has 0 N–H and O–H groups in total. The van der Waals surface area contributed by atoms with E-state index >= 15 is 0 Å². The molecule has 2 aromatic rings. The summed E-state index contributed by atoms with van der Waals surface area (Å²) in [6.07, 6.45) is 4.78. The van der Waals surface area contributed by atoms with E-state index in [1.807, 2.05) is 19.1 Å². The van der Waals surface area contributed by atoms with Gasteiger partial charge in [-0.15, -0.1) is 0 Å². The number of hydrogen-bond acceptors (Lipinski definition) is 6. The molecule has 26 heavy (non-hydrogen) atoms. The molecule has 0 aromatic carbocycles. The summed E-state index contributed by atoms with van der Waals surface area (Å²) in [5.74, 6) is 1.65. The number of aryl methyl sites for hydroxylation is 1. The van der Waals surface area contributed by atoms with Crippen LogP contribution in [-0.4, -0.2) is 47.8 Å². The first-order chi connectivity index (χ1) is 12.6. The Hall–Kier alpha value is -2.41. The van der Waals surface area contributed by atoms with E-state index in [-0.39, 0.29) is 12.5 Å². The molecule has 1 aliphatic rings. The first-order valence-corrected chi connectivity index (χ1v) is 8.96. The van der Waals surface area contributed by atoms with E-state index in [4.69, 9.17) is 14.0 Å². The number of aromatic nitrogens is 2. The molecule has 140 valence electrons. The van der Waals surface area contributed by atoms with Crippen LogP contribution in [0.3, 0.4) is 0 Å². The van der Waals surface area contributed by atoms with E-state index in [1.54, 1.807) is 24.2 Å². The van der Waals surface area contributed by atoms with Gasteiger partial charge in [0.1, 0.15) is 12.4 Å². The predicted octanol–water partition coefficient (Wildman–Crippen LogP) is 2.85. The number of nitrogens with zero attached hydrogens (tertiary/aromatic N) is 3. The van der Waals surface area contributed by atoms with Gasteiger partial charge in [0, 0.05) is 38.6 Å². The zero-order valence-electron chi connectivity index (χ0n) is 15.3. The van der Waals surface area contributed by atoms with Crippen LogP contribution in [0, 0.1) is 12.8 Å². The highest BCUT2D eigenvalue weighted by atomic mass is 16.5. The molecule has 0 atom stereocenters. The number of ether oxygens (including phenoxy) is 2. The Morgan fingerprint density at radius 1 is 1.35 bits per heavy atom. The van der Waals surface area contributed by atoms with Crippen molar-refractivity contribution in [1.29, 1.82) is 0 Å². The van der Waals surface area contributed by atoms with Crippen molar-refractivity contribution in [2.24, 2.45) is 5.92 Å². The van der Waals surface area contributed by atoms with E-state index in [9.17, 15) is 4.79 Å². The monoisotopic (exact) mass is 359 g/mol. The van der Waals surface area contributed by atoms with Crippen molar-refractivity contribution in [2.45, 2.75) is 32.8 Å². The highest BCUT2D eigenvalue weighted by molar-refractivity contribution is 5.92. The second-order valence-electron chi connectivity index (χ2n) is 6.67. The number of amides is 1. The summed E-state index contributed by atoms with van der Waals surface area (Å²) in [7, 11) is 1.80. The Morgan fingerprint density at radius 2 is 2.15 bits per heavy atom. The summed E-state index contributed by atoms with van der Waals surface area (Å²) < 4.78 is 16.2. The lowest BCUT2D eigenvalue weighted by Crippen LogP contribution is -2.30. The van der Waals surface area contributed by atoms with Crippen molar-refractivity contribution in [3.05, 3.63) is 41.5 Å². The van der Waals surface area contributed by atoms with Gasteiger partial charge in [0.25, 0.3) is 5.91 Å². The van der Waals surface area contributed by atoms with Crippen molar-refractivity contribution in [1.82, 2.24) is 15.0 Å². The molecule has 0 saturated carbocycles. The van der Waals surface area contributed by atoms with Crippen molar-refractivity contribution in [3.8, 4) is 5.75 Å². The number of hydrogen-bond donors (Lipinski definition) is 0. The maximum atomic E-state index is 12.5. The highest BCUT2D eigenvalue weighted by Crippen LogP contribution is 2.19. The van der Waals surface area contributed by atoms with Gasteiger partial charge in [-0.2, -0.15) is 0 Å². The Balaban J connectivity index is 1.47. The van der Waals surface area contributed by atoms with E-state index in [2.05, 4.69) is 10.1 Å². The Labute approximate surface area is 153 Å². The van der Waals surface area contributed by atoms with Gasteiger partial charge < -0.3 is 18.9 Å². The van der Waals surface area contributed by atoms with Crippen LogP contribution in [0.25, 0.3) is 0 Å². The summed E-state index contributed by atoms with van der Waals surface area (Å²) in [6, 6.07) is 5.35. The standard InChI is InChI=1S/C19H25N3O4/c1-14-3-4-16(12-20-14)25-13-17-11-18(21-26-17)19(23)22(2)8-5-15-6-9-24-10-7-15/h3-4,11-12,15H,5-10,13H2,1-2H3. The van der Waals surface area contributed by atoms with Gasteiger partial charge in [0.2, 0.25) is 0 Å². The molecule has 2 aromatic heterocycles. The Bertz CT molecular complexity index is 708. The molecule has 0 unspecified atom stereocenters. The van der Waals surface area contributed by atoms with Gasteiger partial charge in [0.15, 0.2) is 11.5 Å². The minimum Gasteiger partial charge on any atom is -0.484 e. The fraction of sp³-hybridized carbons (Fsp3) is 0.526. The van der Waals surface area contributed by atoms with Crippen molar-refractivity contribution < 1.29 is 18.8 Å². The fourth-order valence-corrected chi connectivity index (χ4v) is 2.88. The topological polar surface area (TPSA) is 77.7 Å². The molecule has 0 bridgehead atoms. The molecular weight excluding hydrogens is 334 g/mol. The van der Waals surface area contributed by atoms with E-state index < -0.39 is 0 Å². The molecule has 1 amide bonds. The molecule has 0 aliphatic carbocycles. The number of carbonyl (C=O) groups is 1. The van der Waals surface area contributed by atoms with E-state index in [0.29, 0.717) is 29.7 Å². The summed E-state index contributed by atoms with van der Waals surface area (Å²) in [5.41, 5.74) is 1.23. The third-order valence-corrected chi connectivity index (χ3v) is 4.60. The molecular formula is C19H25N3O4. The fourth-order valence-electron chi connectivity index (χ4n) is 2.88. The van der Waals surface area contributed by atoms with E-state index in [0.717, 1.165) is 38.2 Å². The second kappa shape index (κ2) is 8.80. The molecule has 1 fully saturated rings. The highest BCUT2D eigenvalue weighted by Gasteiger charge is 2.19. The van der Waals surface area contributed by atoms with Crippen LogP contribution in [0.15, 0.2) is 28.9 Å². The Kier molecular flexibility index (Phi) is 6.22. The molecule has 0 spiro atoms. The van der Waals surface area contributed by atoms with Crippen LogP contribution in [0.4, 0.5) is 0 Å². The van der Waals surface area contributed by atoms with Gasteiger partial charge >= 0.3 is 0 Å². The Morgan fingerprint density at radius 3 is 2.88 bits per heavy atom. The largest absolute Gasteiger partial charge is 0.484 e. The zero-order valence-corrected chi connectivity index (χ0v) is 15.3. The molecule has 7 heteroatoms. The number of carbonyl (C=O) groups excluding carboxylic acids is 1. The summed E-state index contributed by atoms with van der Waals surface area (Å²) in [5, 5.41) is 3.88. The average molecular weight is 359 g/mol.